The molecule has 13 heavy (non-hydrogen) atoms. The van der Waals surface area contributed by atoms with Crippen molar-refractivity contribution >= 4 is 21.9 Å². The average molecular weight is 171 g/mol. The smallest absolute Gasteiger partial charge is 0.144 e. The molecule has 0 saturated heterocycles. The first-order valence-corrected chi connectivity index (χ1v) is 3.91. The molecular weight excluding hydrogens is 166 g/mol. The van der Waals surface area contributed by atoms with Gasteiger partial charge in [-0.05, 0) is 34.6 Å². The van der Waals surface area contributed by atoms with Crippen LogP contribution in [0.3, 0.4) is 0 Å². The van der Waals surface area contributed by atoms with Gasteiger partial charge in [0, 0.05) is 11.6 Å². The Bertz CT molecular complexity index is 573. The van der Waals surface area contributed by atoms with Crippen LogP contribution in [0.15, 0.2) is 35.1 Å². The van der Waals surface area contributed by atoms with E-state index in [-0.39, 0.29) is 0 Å². The van der Waals surface area contributed by atoms with Crippen molar-refractivity contribution in [2.24, 2.45) is 0 Å². The zero-order valence-corrected chi connectivity index (χ0v) is 6.64. The highest BCUT2D eigenvalue weighted by atomic mass is 16.6. The molecular formula is C9H5N3O. The number of hydrogen-bond donors (Lipinski definition) is 0. The SMILES string of the molecule is c1cnc2ccc3nonc3c2c1. The fourth-order valence-electron chi connectivity index (χ4n) is 1.40. The van der Waals surface area contributed by atoms with Crippen molar-refractivity contribution < 1.29 is 4.63 Å². The standard InChI is InChI=1S/C9H5N3O/c1-2-6-7(10-5-1)3-4-8-9(6)12-13-11-8/h1-5H. The molecule has 0 atom stereocenters. The molecule has 62 valence electrons. The average Bonchev–Trinajstić information content (AvgIpc) is 2.65. The molecule has 4 nitrogen and oxygen atoms in total. The molecule has 2 heterocycles. The highest BCUT2D eigenvalue weighted by molar-refractivity contribution is 6.01. The van der Waals surface area contributed by atoms with Gasteiger partial charge in [0.15, 0.2) is 0 Å². The first-order chi connectivity index (χ1) is 6.45. The molecule has 0 bridgehead atoms. The third-order valence-corrected chi connectivity index (χ3v) is 2.01. The summed E-state index contributed by atoms with van der Waals surface area (Å²) in [7, 11) is 0. The zero-order chi connectivity index (χ0) is 8.67. The van der Waals surface area contributed by atoms with Crippen molar-refractivity contribution in [3.8, 4) is 0 Å². The van der Waals surface area contributed by atoms with Gasteiger partial charge >= 0.3 is 0 Å². The predicted octanol–water partition coefficient (Wildman–Crippen LogP) is 1.77. The van der Waals surface area contributed by atoms with Crippen LogP contribution < -0.4 is 0 Å². The lowest BCUT2D eigenvalue weighted by atomic mass is 10.2. The summed E-state index contributed by atoms with van der Waals surface area (Å²) in [4.78, 5) is 4.20. The molecule has 0 amide bonds. The van der Waals surface area contributed by atoms with Crippen molar-refractivity contribution in [2.45, 2.75) is 0 Å². The molecule has 0 aliphatic carbocycles. The first-order valence-electron chi connectivity index (χ1n) is 3.91. The van der Waals surface area contributed by atoms with Gasteiger partial charge in [0.25, 0.3) is 0 Å². The Hall–Kier alpha value is -1.97. The second kappa shape index (κ2) is 2.26. The number of aromatic nitrogens is 3. The van der Waals surface area contributed by atoms with Gasteiger partial charge in [-0.15, -0.1) is 0 Å². The fourth-order valence-corrected chi connectivity index (χ4v) is 1.40. The van der Waals surface area contributed by atoms with E-state index in [0.29, 0.717) is 0 Å². The maximum absolute atomic E-state index is 4.65. The predicted molar refractivity (Wildman–Crippen MR) is 47.1 cm³/mol. The summed E-state index contributed by atoms with van der Waals surface area (Å²) in [5, 5.41) is 8.55. The molecule has 0 spiro atoms. The first kappa shape index (κ1) is 6.54. The van der Waals surface area contributed by atoms with Crippen molar-refractivity contribution in [3.05, 3.63) is 30.5 Å². The summed E-state index contributed by atoms with van der Waals surface area (Å²) in [6.07, 6.45) is 1.75. The molecule has 0 aliphatic heterocycles. The Morgan fingerprint density at radius 2 is 1.92 bits per heavy atom. The second-order valence-corrected chi connectivity index (χ2v) is 2.77. The number of hydrogen-bond acceptors (Lipinski definition) is 4. The van der Waals surface area contributed by atoms with Gasteiger partial charge in [0.05, 0.1) is 5.52 Å². The van der Waals surface area contributed by atoms with Crippen LogP contribution in [0.4, 0.5) is 0 Å². The Kier molecular flexibility index (Phi) is 1.14. The Morgan fingerprint density at radius 1 is 1.00 bits per heavy atom. The molecule has 0 aliphatic rings. The van der Waals surface area contributed by atoms with Crippen LogP contribution in [0.25, 0.3) is 21.9 Å². The van der Waals surface area contributed by atoms with Crippen molar-refractivity contribution in [1.82, 2.24) is 15.3 Å². The van der Waals surface area contributed by atoms with Crippen molar-refractivity contribution in [2.75, 3.05) is 0 Å². The van der Waals surface area contributed by atoms with Gasteiger partial charge in [-0.1, -0.05) is 0 Å². The molecule has 0 fully saturated rings. The van der Waals surface area contributed by atoms with Crippen LogP contribution in [-0.2, 0) is 0 Å². The number of pyridine rings is 1. The molecule has 0 unspecified atom stereocenters. The van der Waals surface area contributed by atoms with Crippen LogP contribution in [0, 0.1) is 0 Å². The van der Waals surface area contributed by atoms with E-state index >= 15 is 0 Å². The maximum atomic E-state index is 4.65. The third-order valence-electron chi connectivity index (χ3n) is 2.01. The monoisotopic (exact) mass is 171 g/mol. The van der Waals surface area contributed by atoms with Gasteiger partial charge < -0.3 is 0 Å². The van der Waals surface area contributed by atoms with E-state index in [1.165, 1.54) is 0 Å². The largest absolute Gasteiger partial charge is 0.256 e. The summed E-state index contributed by atoms with van der Waals surface area (Å²) in [5.41, 5.74) is 2.44. The minimum atomic E-state index is 0.764. The molecule has 4 heteroatoms. The lowest BCUT2D eigenvalue weighted by Crippen LogP contribution is -1.78. The number of benzene rings is 1. The lowest BCUT2D eigenvalue weighted by Gasteiger charge is -1.93. The third kappa shape index (κ3) is 0.823. The van der Waals surface area contributed by atoms with Gasteiger partial charge in [0.2, 0.25) is 0 Å². The fraction of sp³-hybridized carbons (Fsp3) is 0. The van der Waals surface area contributed by atoms with Gasteiger partial charge in [-0.3, -0.25) is 4.98 Å². The lowest BCUT2D eigenvalue weighted by molar-refractivity contribution is 0.316. The van der Waals surface area contributed by atoms with E-state index in [0.717, 1.165) is 21.9 Å². The topological polar surface area (TPSA) is 51.8 Å². The van der Waals surface area contributed by atoms with Gasteiger partial charge in [-0.25, -0.2) is 4.63 Å². The summed E-state index contributed by atoms with van der Waals surface area (Å²) >= 11 is 0. The quantitative estimate of drug-likeness (QED) is 0.517. The number of nitrogens with zero attached hydrogens (tertiary/aromatic N) is 3. The van der Waals surface area contributed by atoms with E-state index < -0.39 is 0 Å². The highest BCUT2D eigenvalue weighted by Crippen LogP contribution is 2.19. The molecule has 0 saturated carbocycles. The Morgan fingerprint density at radius 3 is 2.92 bits per heavy atom. The Balaban J connectivity index is 2.65. The molecule has 3 aromatic rings. The van der Waals surface area contributed by atoms with Crippen molar-refractivity contribution in [1.29, 1.82) is 0 Å². The Labute approximate surface area is 73.2 Å². The van der Waals surface area contributed by atoms with E-state index in [9.17, 15) is 0 Å². The van der Waals surface area contributed by atoms with Gasteiger partial charge in [-0.2, -0.15) is 0 Å². The molecule has 1 aromatic carbocycles. The number of fused-ring (bicyclic) bond motifs is 3. The van der Waals surface area contributed by atoms with E-state index in [4.69, 9.17) is 0 Å². The second-order valence-electron chi connectivity index (χ2n) is 2.77. The van der Waals surface area contributed by atoms with E-state index in [2.05, 4.69) is 19.9 Å². The zero-order valence-electron chi connectivity index (χ0n) is 6.64. The highest BCUT2D eigenvalue weighted by Gasteiger charge is 2.04. The summed E-state index contributed by atoms with van der Waals surface area (Å²) in [6.45, 7) is 0. The normalized spacial score (nSPS) is 11.1. The van der Waals surface area contributed by atoms with Crippen molar-refractivity contribution in [3.63, 3.8) is 0 Å². The van der Waals surface area contributed by atoms with Crippen LogP contribution in [0.2, 0.25) is 0 Å². The molecule has 3 rings (SSSR count). The van der Waals surface area contributed by atoms with Crippen LogP contribution in [-0.4, -0.2) is 15.3 Å². The summed E-state index contributed by atoms with van der Waals surface area (Å²) in [5.74, 6) is 0. The minimum absolute atomic E-state index is 0.764. The molecule has 2 aromatic heterocycles. The van der Waals surface area contributed by atoms with E-state index in [1.54, 1.807) is 6.20 Å². The summed E-state index contributed by atoms with van der Waals surface area (Å²) < 4.78 is 4.65. The van der Waals surface area contributed by atoms with Crippen LogP contribution in [0.5, 0.6) is 0 Å². The van der Waals surface area contributed by atoms with Gasteiger partial charge in [0.1, 0.15) is 11.0 Å². The molecule has 0 N–H and O–H groups in total. The van der Waals surface area contributed by atoms with Crippen LogP contribution >= 0.6 is 0 Å². The maximum Gasteiger partial charge on any atom is 0.144 e. The molecule has 0 radical (unpaired) electrons. The minimum Gasteiger partial charge on any atom is -0.256 e. The van der Waals surface area contributed by atoms with Crippen LogP contribution in [0.1, 0.15) is 0 Å². The number of rotatable bonds is 0. The summed E-state index contributed by atoms with van der Waals surface area (Å²) in [6, 6.07) is 7.58. The van der Waals surface area contributed by atoms with E-state index in [1.807, 2.05) is 24.3 Å².